The van der Waals surface area contributed by atoms with Gasteiger partial charge in [-0.1, -0.05) is 54.1 Å². The minimum Gasteiger partial charge on any atom is -0.449 e. The van der Waals surface area contributed by atoms with Crippen LogP contribution in [0.3, 0.4) is 0 Å². The Labute approximate surface area is 150 Å². The number of hydrogen-bond donors (Lipinski definition) is 1. The van der Waals surface area contributed by atoms with E-state index >= 15 is 0 Å². The highest BCUT2D eigenvalue weighted by Crippen LogP contribution is 2.23. The number of benzene rings is 3. The minimum absolute atomic E-state index is 0.303. The molecule has 1 atom stereocenters. The third kappa shape index (κ3) is 3.98. The van der Waals surface area contributed by atoms with Gasteiger partial charge >= 0.3 is 5.97 Å². The monoisotopic (exact) mass is 353 g/mol. The highest BCUT2D eigenvalue weighted by atomic mass is 35.5. The summed E-state index contributed by atoms with van der Waals surface area (Å²) in [5, 5.41) is 5.18. The second-order valence-corrected chi connectivity index (χ2v) is 6.01. The molecule has 0 unspecified atom stereocenters. The van der Waals surface area contributed by atoms with Crippen LogP contribution in [0.2, 0.25) is 5.02 Å². The lowest BCUT2D eigenvalue weighted by Gasteiger charge is -2.15. The summed E-state index contributed by atoms with van der Waals surface area (Å²) >= 11 is 5.86. The first kappa shape index (κ1) is 17.0. The summed E-state index contributed by atoms with van der Waals surface area (Å²) in [4.78, 5) is 24.5. The average molecular weight is 354 g/mol. The highest BCUT2D eigenvalue weighted by molar-refractivity contribution is 6.30. The van der Waals surface area contributed by atoms with Crippen LogP contribution in [0.1, 0.15) is 17.3 Å². The fourth-order valence-electron chi connectivity index (χ4n) is 2.47. The van der Waals surface area contributed by atoms with Crippen LogP contribution >= 0.6 is 11.6 Å². The average Bonchev–Trinajstić information content (AvgIpc) is 2.62. The van der Waals surface area contributed by atoms with Crippen LogP contribution in [0.4, 0.5) is 5.69 Å². The van der Waals surface area contributed by atoms with Crippen LogP contribution in [0.15, 0.2) is 66.7 Å². The van der Waals surface area contributed by atoms with Crippen LogP contribution < -0.4 is 5.32 Å². The van der Waals surface area contributed by atoms with Gasteiger partial charge in [-0.25, -0.2) is 4.79 Å². The minimum atomic E-state index is -0.939. The third-order valence-electron chi connectivity index (χ3n) is 3.76. The molecule has 0 radical (unpaired) electrons. The van der Waals surface area contributed by atoms with E-state index in [4.69, 9.17) is 16.3 Å². The number of halogens is 1. The van der Waals surface area contributed by atoms with Gasteiger partial charge in [-0.05, 0) is 36.6 Å². The molecule has 0 bridgehead atoms. The molecular formula is C20H16ClNO3. The molecule has 0 saturated heterocycles. The Morgan fingerprint density at radius 1 is 1.00 bits per heavy atom. The zero-order valence-electron chi connectivity index (χ0n) is 13.5. The topological polar surface area (TPSA) is 55.4 Å². The number of carbonyl (C=O) groups excluding carboxylic acids is 2. The summed E-state index contributed by atoms with van der Waals surface area (Å²) in [7, 11) is 0. The van der Waals surface area contributed by atoms with Gasteiger partial charge in [-0.3, -0.25) is 4.79 Å². The second kappa shape index (κ2) is 7.36. The molecule has 0 aromatic heterocycles. The molecule has 3 aromatic carbocycles. The van der Waals surface area contributed by atoms with E-state index in [9.17, 15) is 9.59 Å². The number of carbonyl (C=O) groups is 2. The lowest BCUT2D eigenvalue weighted by molar-refractivity contribution is -0.123. The molecule has 126 valence electrons. The number of hydrogen-bond acceptors (Lipinski definition) is 3. The van der Waals surface area contributed by atoms with Crippen molar-refractivity contribution in [2.45, 2.75) is 13.0 Å². The van der Waals surface area contributed by atoms with Crippen LogP contribution in [-0.2, 0) is 9.53 Å². The van der Waals surface area contributed by atoms with E-state index in [-0.39, 0.29) is 0 Å². The first-order valence-corrected chi connectivity index (χ1v) is 8.17. The lowest BCUT2D eigenvalue weighted by Crippen LogP contribution is -2.30. The summed E-state index contributed by atoms with van der Waals surface area (Å²) in [5.41, 5.74) is 0.978. The van der Waals surface area contributed by atoms with E-state index in [2.05, 4.69) is 5.32 Å². The fraction of sp³-hybridized carbons (Fsp3) is 0.100. The molecular weight excluding hydrogens is 338 g/mol. The number of ether oxygens (including phenoxy) is 1. The number of rotatable bonds is 4. The summed E-state index contributed by atoms with van der Waals surface area (Å²) in [5.74, 6) is -0.991. The predicted molar refractivity (Wildman–Crippen MR) is 98.9 cm³/mol. The van der Waals surface area contributed by atoms with Crippen molar-refractivity contribution in [2.24, 2.45) is 0 Å². The zero-order chi connectivity index (χ0) is 17.8. The van der Waals surface area contributed by atoms with Crippen molar-refractivity contribution in [1.29, 1.82) is 0 Å². The second-order valence-electron chi connectivity index (χ2n) is 5.57. The van der Waals surface area contributed by atoms with Gasteiger partial charge in [0.1, 0.15) is 0 Å². The number of fused-ring (bicyclic) bond motifs is 1. The normalized spacial score (nSPS) is 11.8. The fourth-order valence-corrected chi connectivity index (χ4v) is 2.66. The van der Waals surface area contributed by atoms with E-state index in [0.29, 0.717) is 16.3 Å². The molecule has 0 spiro atoms. The molecule has 3 aromatic rings. The molecule has 0 fully saturated rings. The molecule has 25 heavy (non-hydrogen) atoms. The number of esters is 1. The summed E-state index contributed by atoms with van der Waals surface area (Å²) < 4.78 is 5.23. The standard InChI is InChI=1S/C20H16ClNO3/c1-13(25-20(24)15-8-4-9-16(21)12-15)19(23)22-18-11-5-7-14-6-2-3-10-17(14)18/h2-13H,1H3,(H,22,23)/t13-/m0/s1. The summed E-state index contributed by atoms with van der Waals surface area (Å²) in [6.07, 6.45) is -0.939. The molecule has 0 aliphatic rings. The maximum Gasteiger partial charge on any atom is 0.338 e. The first-order chi connectivity index (χ1) is 12.0. The molecule has 0 heterocycles. The van der Waals surface area contributed by atoms with Crippen molar-refractivity contribution in [3.8, 4) is 0 Å². The van der Waals surface area contributed by atoms with Crippen molar-refractivity contribution in [3.63, 3.8) is 0 Å². The Balaban J connectivity index is 1.71. The molecule has 1 N–H and O–H groups in total. The van der Waals surface area contributed by atoms with Crippen molar-refractivity contribution in [1.82, 2.24) is 0 Å². The quantitative estimate of drug-likeness (QED) is 0.693. The molecule has 1 amide bonds. The van der Waals surface area contributed by atoms with Gasteiger partial charge in [0.05, 0.1) is 5.56 Å². The van der Waals surface area contributed by atoms with Gasteiger partial charge in [0, 0.05) is 16.1 Å². The maximum atomic E-state index is 12.4. The SMILES string of the molecule is C[C@H](OC(=O)c1cccc(Cl)c1)C(=O)Nc1cccc2ccccc12. The largest absolute Gasteiger partial charge is 0.449 e. The Morgan fingerprint density at radius 2 is 1.72 bits per heavy atom. The molecule has 5 heteroatoms. The molecule has 0 aliphatic heterocycles. The van der Waals surface area contributed by atoms with E-state index in [1.54, 1.807) is 18.2 Å². The Morgan fingerprint density at radius 3 is 2.52 bits per heavy atom. The Hall–Kier alpha value is -2.85. The van der Waals surface area contributed by atoms with E-state index in [0.717, 1.165) is 10.8 Å². The summed E-state index contributed by atoms with van der Waals surface area (Å²) in [6, 6.07) is 19.8. The van der Waals surface area contributed by atoms with Gasteiger partial charge in [0.25, 0.3) is 5.91 Å². The molecule has 4 nitrogen and oxygen atoms in total. The van der Waals surface area contributed by atoms with E-state index in [1.807, 2.05) is 42.5 Å². The Kier molecular flexibility index (Phi) is 5.00. The van der Waals surface area contributed by atoms with Crippen molar-refractivity contribution < 1.29 is 14.3 Å². The molecule has 0 aliphatic carbocycles. The van der Waals surface area contributed by atoms with Crippen molar-refractivity contribution in [2.75, 3.05) is 5.32 Å². The number of amides is 1. The van der Waals surface area contributed by atoms with Gasteiger partial charge in [-0.15, -0.1) is 0 Å². The van der Waals surface area contributed by atoms with Crippen molar-refractivity contribution in [3.05, 3.63) is 77.3 Å². The van der Waals surface area contributed by atoms with Gasteiger partial charge < -0.3 is 10.1 Å². The predicted octanol–water partition coefficient (Wildman–Crippen LogP) is 4.68. The van der Waals surface area contributed by atoms with Gasteiger partial charge in [0.15, 0.2) is 6.10 Å². The van der Waals surface area contributed by atoms with Gasteiger partial charge in [0.2, 0.25) is 0 Å². The van der Waals surface area contributed by atoms with Crippen LogP contribution in [0, 0.1) is 0 Å². The smallest absolute Gasteiger partial charge is 0.338 e. The lowest BCUT2D eigenvalue weighted by atomic mass is 10.1. The number of anilines is 1. The number of nitrogens with one attached hydrogen (secondary N) is 1. The van der Waals surface area contributed by atoms with Crippen LogP contribution in [-0.4, -0.2) is 18.0 Å². The van der Waals surface area contributed by atoms with Gasteiger partial charge in [-0.2, -0.15) is 0 Å². The molecule has 0 saturated carbocycles. The first-order valence-electron chi connectivity index (χ1n) is 7.80. The van der Waals surface area contributed by atoms with E-state index < -0.39 is 18.0 Å². The Bertz CT molecular complexity index is 934. The van der Waals surface area contributed by atoms with E-state index in [1.165, 1.54) is 13.0 Å². The van der Waals surface area contributed by atoms with Crippen LogP contribution in [0.25, 0.3) is 10.8 Å². The highest BCUT2D eigenvalue weighted by Gasteiger charge is 2.19. The third-order valence-corrected chi connectivity index (χ3v) is 4.00. The zero-order valence-corrected chi connectivity index (χ0v) is 14.3. The molecule has 3 rings (SSSR count). The van der Waals surface area contributed by atoms with Crippen molar-refractivity contribution >= 4 is 39.9 Å². The van der Waals surface area contributed by atoms with Crippen LogP contribution in [0.5, 0.6) is 0 Å². The summed E-state index contributed by atoms with van der Waals surface area (Å²) in [6.45, 7) is 1.53. The maximum absolute atomic E-state index is 12.4.